The molecule has 0 radical (unpaired) electrons. The molecule has 0 bridgehead atoms. The molecule has 1 atom stereocenters. The summed E-state index contributed by atoms with van der Waals surface area (Å²) >= 11 is 0. The number of benzene rings is 1. The maximum Gasteiger partial charge on any atom is 0.200 e. The van der Waals surface area contributed by atoms with Gasteiger partial charge in [0.25, 0.3) is 0 Å². The third kappa shape index (κ3) is 2.15. The fraction of sp³-hybridized carbons (Fsp3) is 0.385. The molecule has 1 heterocycles. The zero-order valence-electron chi connectivity index (χ0n) is 10.3. The van der Waals surface area contributed by atoms with Crippen molar-refractivity contribution < 1.29 is 8.42 Å². The number of hydrogen-bond donors (Lipinski definition) is 1. The van der Waals surface area contributed by atoms with Gasteiger partial charge in [-0.15, -0.1) is 0 Å². The molecule has 1 aliphatic heterocycles. The summed E-state index contributed by atoms with van der Waals surface area (Å²) in [7, 11) is -1.29. The van der Waals surface area contributed by atoms with E-state index in [2.05, 4.69) is 12.2 Å². The summed E-state index contributed by atoms with van der Waals surface area (Å²) in [4.78, 5) is 0.454. The second kappa shape index (κ2) is 4.27. The van der Waals surface area contributed by atoms with Gasteiger partial charge >= 0.3 is 0 Å². The fourth-order valence-electron chi connectivity index (χ4n) is 2.22. The summed E-state index contributed by atoms with van der Waals surface area (Å²) < 4.78 is 23.8. The summed E-state index contributed by atoms with van der Waals surface area (Å²) in [6.45, 7) is 3.94. The van der Waals surface area contributed by atoms with E-state index in [1.54, 1.807) is 6.07 Å². The van der Waals surface area contributed by atoms with Crippen molar-refractivity contribution in [1.82, 2.24) is 5.32 Å². The number of allylic oxidation sites excluding steroid dienone is 1. The highest BCUT2D eigenvalue weighted by Crippen LogP contribution is 2.35. The zero-order chi connectivity index (χ0) is 12.6. The topological polar surface area (TPSA) is 46.2 Å². The van der Waals surface area contributed by atoms with Crippen LogP contribution in [0, 0.1) is 0 Å². The Morgan fingerprint density at radius 3 is 2.71 bits per heavy atom. The second-order valence-corrected chi connectivity index (χ2v) is 6.30. The van der Waals surface area contributed by atoms with Crippen molar-refractivity contribution >= 4 is 15.4 Å². The molecule has 0 spiro atoms. The first-order valence-corrected chi connectivity index (χ1v) is 7.23. The maximum atomic E-state index is 11.9. The summed E-state index contributed by atoms with van der Waals surface area (Å²) in [5.41, 5.74) is 2.84. The molecule has 17 heavy (non-hydrogen) atoms. The normalized spacial score (nSPS) is 18.6. The van der Waals surface area contributed by atoms with Crippen molar-refractivity contribution in [3.8, 4) is 0 Å². The molecule has 4 heteroatoms. The van der Waals surface area contributed by atoms with Gasteiger partial charge in [0, 0.05) is 17.0 Å². The van der Waals surface area contributed by atoms with Gasteiger partial charge in [0.1, 0.15) is 0 Å². The Bertz CT molecular complexity index is 573. The molecule has 3 nitrogen and oxygen atoms in total. The van der Waals surface area contributed by atoms with Crippen LogP contribution in [-0.4, -0.2) is 21.5 Å². The minimum Gasteiger partial charge on any atom is -0.317 e. The van der Waals surface area contributed by atoms with E-state index >= 15 is 0 Å². The van der Waals surface area contributed by atoms with E-state index in [-0.39, 0.29) is 0 Å². The predicted molar refractivity (Wildman–Crippen MR) is 69.5 cm³/mol. The Balaban J connectivity index is 2.53. The molecule has 0 amide bonds. The zero-order valence-corrected chi connectivity index (χ0v) is 11.1. The number of nitrogens with one attached hydrogen (secondary N) is 1. The minimum atomic E-state index is -3.20. The molecular weight excluding hydrogens is 234 g/mol. The lowest BCUT2D eigenvalue weighted by molar-refractivity contribution is 0.601. The van der Waals surface area contributed by atoms with Crippen LogP contribution in [0.15, 0.2) is 28.5 Å². The molecule has 1 N–H and O–H groups in total. The molecular formula is C13H17NO2S. The number of fused-ring (bicyclic) bond motifs is 1. The lowest BCUT2D eigenvalue weighted by Gasteiger charge is -2.14. The predicted octanol–water partition coefficient (Wildman–Crippen LogP) is 1.99. The minimum absolute atomic E-state index is 0.331. The maximum absolute atomic E-state index is 11.9. The van der Waals surface area contributed by atoms with Crippen molar-refractivity contribution in [1.29, 1.82) is 0 Å². The first kappa shape index (κ1) is 12.3. The molecule has 1 unspecified atom stereocenters. The van der Waals surface area contributed by atoms with Gasteiger partial charge in [-0.2, -0.15) is 0 Å². The average molecular weight is 251 g/mol. The van der Waals surface area contributed by atoms with Crippen molar-refractivity contribution in [2.75, 3.05) is 7.05 Å². The Morgan fingerprint density at radius 2 is 2.06 bits per heavy atom. The fourth-order valence-corrected chi connectivity index (χ4v) is 3.77. The Hall–Kier alpha value is -1.13. The smallest absolute Gasteiger partial charge is 0.200 e. The highest BCUT2D eigenvalue weighted by Gasteiger charge is 2.26. The third-order valence-electron chi connectivity index (χ3n) is 3.16. The van der Waals surface area contributed by atoms with Gasteiger partial charge in [-0.25, -0.2) is 8.42 Å². The lowest BCUT2D eigenvalue weighted by atomic mass is 9.97. The summed E-state index contributed by atoms with van der Waals surface area (Å²) in [6, 6.07) is 5.84. The third-order valence-corrected chi connectivity index (χ3v) is 4.78. The van der Waals surface area contributed by atoms with Crippen molar-refractivity contribution in [2.45, 2.75) is 31.2 Å². The Labute approximate surface area is 102 Å². The van der Waals surface area contributed by atoms with Crippen LogP contribution < -0.4 is 5.32 Å². The number of sulfone groups is 1. The van der Waals surface area contributed by atoms with Gasteiger partial charge in [0.2, 0.25) is 9.84 Å². The summed E-state index contributed by atoms with van der Waals surface area (Å²) in [5.74, 6) is 0. The van der Waals surface area contributed by atoms with Crippen LogP contribution in [0.4, 0.5) is 0 Å². The quantitative estimate of drug-likeness (QED) is 0.893. The monoisotopic (exact) mass is 251 g/mol. The molecule has 0 saturated heterocycles. The van der Waals surface area contributed by atoms with Crippen molar-refractivity contribution in [3.05, 3.63) is 34.7 Å². The van der Waals surface area contributed by atoms with Crippen LogP contribution in [-0.2, 0) is 16.3 Å². The highest BCUT2D eigenvalue weighted by molar-refractivity contribution is 7.95. The van der Waals surface area contributed by atoms with Gasteiger partial charge in [-0.1, -0.05) is 12.1 Å². The Morgan fingerprint density at radius 1 is 1.35 bits per heavy atom. The number of hydrogen-bond acceptors (Lipinski definition) is 3. The molecule has 2 rings (SSSR count). The lowest BCUT2D eigenvalue weighted by Crippen LogP contribution is -2.24. The van der Waals surface area contributed by atoms with Gasteiger partial charge in [-0.3, -0.25) is 0 Å². The van der Waals surface area contributed by atoms with Gasteiger partial charge in [0.15, 0.2) is 0 Å². The molecule has 1 aliphatic rings. The molecule has 0 saturated carbocycles. The van der Waals surface area contributed by atoms with Crippen molar-refractivity contribution in [2.24, 2.45) is 0 Å². The SMILES string of the molecule is CNC(C)Cc1cccc2c1C(C)=CS2(=O)=O. The van der Waals surface area contributed by atoms with E-state index in [4.69, 9.17) is 0 Å². The molecule has 0 aromatic heterocycles. The van der Waals surface area contributed by atoms with Crippen LogP contribution in [0.3, 0.4) is 0 Å². The van der Waals surface area contributed by atoms with Crippen molar-refractivity contribution in [3.63, 3.8) is 0 Å². The number of likely N-dealkylation sites (N-methyl/N-ethyl adjacent to an activating group) is 1. The standard InChI is InChI=1S/C13H17NO2S/c1-9-8-17(15,16)12-6-4-5-11(13(9)12)7-10(2)14-3/h4-6,8,10,14H,7H2,1-3H3. The van der Waals surface area contributed by atoms with Gasteiger partial charge in [0.05, 0.1) is 4.90 Å². The number of rotatable bonds is 3. The van der Waals surface area contributed by atoms with E-state index in [1.807, 2.05) is 26.1 Å². The molecule has 0 fully saturated rings. The van der Waals surface area contributed by atoms with Gasteiger partial charge in [-0.05, 0) is 44.5 Å². The summed E-state index contributed by atoms with van der Waals surface area (Å²) in [6.07, 6.45) is 0.834. The first-order valence-electron chi connectivity index (χ1n) is 5.68. The van der Waals surface area contributed by atoms with Crippen LogP contribution in [0.1, 0.15) is 25.0 Å². The highest BCUT2D eigenvalue weighted by atomic mass is 32.2. The average Bonchev–Trinajstić information content (AvgIpc) is 2.50. The van der Waals surface area contributed by atoms with Crippen LogP contribution in [0.5, 0.6) is 0 Å². The van der Waals surface area contributed by atoms with Crippen LogP contribution in [0.2, 0.25) is 0 Å². The van der Waals surface area contributed by atoms with Crippen LogP contribution in [0.25, 0.3) is 5.57 Å². The Kier molecular flexibility index (Phi) is 3.10. The molecule has 92 valence electrons. The van der Waals surface area contributed by atoms with Crippen LogP contribution >= 0.6 is 0 Å². The molecule has 1 aromatic carbocycles. The summed E-state index contributed by atoms with van der Waals surface area (Å²) in [5, 5.41) is 4.54. The van der Waals surface area contributed by atoms with Gasteiger partial charge < -0.3 is 5.32 Å². The van der Waals surface area contributed by atoms with E-state index < -0.39 is 9.84 Å². The molecule has 0 aliphatic carbocycles. The molecule has 1 aromatic rings. The van der Waals surface area contributed by atoms with E-state index in [9.17, 15) is 8.42 Å². The first-order chi connectivity index (χ1) is 7.95. The van der Waals surface area contributed by atoms with E-state index in [0.29, 0.717) is 10.9 Å². The van der Waals surface area contributed by atoms with E-state index in [0.717, 1.165) is 23.1 Å². The largest absolute Gasteiger partial charge is 0.317 e. The second-order valence-electron chi connectivity index (χ2n) is 4.53. The van der Waals surface area contributed by atoms with E-state index in [1.165, 1.54) is 5.41 Å².